The summed E-state index contributed by atoms with van der Waals surface area (Å²) in [7, 11) is 0. The maximum absolute atomic E-state index is 13.0. The number of piperidine rings is 1. The molecule has 2 amide bonds. The molecule has 4 rings (SSSR count). The molecule has 5 nitrogen and oxygen atoms in total. The van der Waals surface area contributed by atoms with Gasteiger partial charge in [-0.15, -0.1) is 11.3 Å². The Bertz CT molecular complexity index is 764. The molecule has 1 aliphatic carbocycles. The number of carbonyl (C=O) groups is 2. The standard InChI is InChI=1S/C18H21N3O2S/c22-16-13(7-5-9-19-16)20-17(23)15-12-6-1-2-8-14(12)24-18(15)21-10-3-4-11-21/h3-4,10-11,13H,1-2,5-9H2,(H,19,22)(H,20,23). The molecule has 6 heteroatoms. The molecule has 2 aromatic rings. The van der Waals surface area contributed by atoms with Crippen LogP contribution in [0, 0.1) is 0 Å². The van der Waals surface area contributed by atoms with Gasteiger partial charge in [-0.05, 0) is 56.2 Å². The van der Waals surface area contributed by atoms with Crippen LogP contribution in [0.4, 0.5) is 0 Å². The van der Waals surface area contributed by atoms with Crippen LogP contribution in [0.15, 0.2) is 24.5 Å². The molecule has 2 aromatic heterocycles. The molecule has 0 aromatic carbocycles. The predicted octanol–water partition coefficient (Wildman–Crippen LogP) is 2.43. The van der Waals surface area contributed by atoms with E-state index < -0.39 is 6.04 Å². The van der Waals surface area contributed by atoms with E-state index in [-0.39, 0.29) is 11.8 Å². The van der Waals surface area contributed by atoms with Crippen LogP contribution in [-0.2, 0) is 17.6 Å². The minimum atomic E-state index is -0.414. The van der Waals surface area contributed by atoms with Gasteiger partial charge in [-0.2, -0.15) is 0 Å². The molecule has 2 N–H and O–H groups in total. The number of nitrogens with one attached hydrogen (secondary N) is 2. The first-order valence-electron chi connectivity index (χ1n) is 8.60. The third kappa shape index (κ3) is 2.75. The number of aromatic nitrogens is 1. The van der Waals surface area contributed by atoms with E-state index in [0.29, 0.717) is 13.0 Å². The zero-order chi connectivity index (χ0) is 16.5. The van der Waals surface area contributed by atoms with E-state index >= 15 is 0 Å². The van der Waals surface area contributed by atoms with E-state index in [1.165, 1.54) is 16.9 Å². The minimum absolute atomic E-state index is 0.0683. The Hall–Kier alpha value is -2.08. The average Bonchev–Trinajstić information content (AvgIpc) is 3.23. The van der Waals surface area contributed by atoms with Gasteiger partial charge in [0, 0.05) is 23.8 Å². The number of fused-ring (bicyclic) bond motifs is 1. The number of thiophene rings is 1. The zero-order valence-corrected chi connectivity index (χ0v) is 14.3. The molecule has 0 bridgehead atoms. The highest BCUT2D eigenvalue weighted by Gasteiger charge is 2.30. The fourth-order valence-electron chi connectivity index (χ4n) is 3.58. The molecule has 1 unspecified atom stereocenters. The number of hydrogen-bond acceptors (Lipinski definition) is 3. The van der Waals surface area contributed by atoms with Gasteiger partial charge >= 0.3 is 0 Å². The van der Waals surface area contributed by atoms with Crippen molar-refractivity contribution in [3.8, 4) is 5.00 Å². The number of rotatable bonds is 3. The Balaban J connectivity index is 1.69. The van der Waals surface area contributed by atoms with Gasteiger partial charge in [0.15, 0.2) is 0 Å². The normalized spacial score (nSPS) is 20.3. The quantitative estimate of drug-likeness (QED) is 0.899. The second-order valence-electron chi connectivity index (χ2n) is 6.44. The summed E-state index contributed by atoms with van der Waals surface area (Å²) in [6.07, 6.45) is 9.87. The summed E-state index contributed by atoms with van der Waals surface area (Å²) in [5.41, 5.74) is 1.95. The van der Waals surface area contributed by atoms with Gasteiger partial charge in [0.25, 0.3) is 5.91 Å². The van der Waals surface area contributed by atoms with Gasteiger partial charge in [0.05, 0.1) is 5.56 Å². The highest BCUT2D eigenvalue weighted by molar-refractivity contribution is 7.15. The molecule has 1 atom stereocenters. The number of carbonyl (C=O) groups excluding carboxylic acids is 2. The molecule has 0 spiro atoms. The summed E-state index contributed by atoms with van der Waals surface area (Å²) in [4.78, 5) is 26.3. The number of aryl methyl sites for hydroxylation is 1. The molecule has 1 saturated heterocycles. The fourth-order valence-corrected chi connectivity index (χ4v) is 4.93. The zero-order valence-electron chi connectivity index (χ0n) is 13.5. The Morgan fingerprint density at radius 2 is 2.00 bits per heavy atom. The molecule has 3 heterocycles. The number of nitrogens with zero attached hydrogens (tertiary/aromatic N) is 1. The van der Waals surface area contributed by atoms with Crippen LogP contribution in [0.5, 0.6) is 0 Å². The van der Waals surface area contributed by atoms with Crippen LogP contribution in [0.25, 0.3) is 5.00 Å². The highest BCUT2D eigenvalue weighted by Crippen LogP contribution is 2.37. The second kappa shape index (κ2) is 6.43. The molecular formula is C18H21N3O2S. The van der Waals surface area contributed by atoms with Gasteiger partial charge in [-0.25, -0.2) is 0 Å². The maximum Gasteiger partial charge on any atom is 0.255 e. The second-order valence-corrected chi connectivity index (χ2v) is 7.52. The van der Waals surface area contributed by atoms with Gasteiger partial charge in [0.2, 0.25) is 5.91 Å². The molecule has 1 aliphatic heterocycles. The summed E-state index contributed by atoms with van der Waals surface area (Å²) >= 11 is 1.71. The Morgan fingerprint density at radius 3 is 2.79 bits per heavy atom. The predicted molar refractivity (Wildman–Crippen MR) is 93.8 cm³/mol. The maximum atomic E-state index is 13.0. The van der Waals surface area contributed by atoms with Gasteiger partial charge in [-0.3, -0.25) is 9.59 Å². The highest BCUT2D eigenvalue weighted by atomic mass is 32.1. The molecular weight excluding hydrogens is 322 g/mol. The summed E-state index contributed by atoms with van der Waals surface area (Å²) in [5.74, 6) is -0.179. The Labute approximate surface area is 145 Å². The van der Waals surface area contributed by atoms with Crippen LogP contribution in [0.1, 0.15) is 46.5 Å². The third-order valence-corrected chi connectivity index (χ3v) is 6.11. The smallest absolute Gasteiger partial charge is 0.255 e. The van der Waals surface area contributed by atoms with Crippen LogP contribution in [0.2, 0.25) is 0 Å². The molecule has 126 valence electrons. The number of amides is 2. The molecule has 0 saturated carbocycles. The van der Waals surface area contributed by atoms with Crippen molar-refractivity contribution in [3.63, 3.8) is 0 Å². The monoisotopic (exact) mass is 343 g/mol. The van der Waals surface area contributed by atoms with Gasteiger partial charge < -0.3 is 15.2 Å². The lowest BCUT2D eigenvalue weighted by molar-refractivity contribution is -0.124. The van der Waals surface area contributed by atoms with Crippen molar-refractivity contribution in [1.29, 1.82) is 0 Å². The molecule has 2 aliphatic rings. The van der Waals surface area contributed by atoms with Crippen LogP contribution in [-0.4, -0.2) is 29.0 Å². The summed E-state index contributed by atoms with van der Waals surface area (Å²) in [6, 6.07) is 3.52. The Morgan fingerprint density at radius 1 is 1.21 bits per heavy atom. The van der Waals surface area contributed by atoms with E-state index in [0.717, 1.165) is 36.2 Å². The van der Waals surface area contributed by atoms with Crippen molar-refractivity contribution in [2.45, 2.75) is 44.6 Å². The van der Waals surface area contributed by atoms with E-state index in [2.05, 4.69) is 10.6 Å². The SMILES string of the molecule is O=C(NC1CCCNC1=O)c1c(-n2cccc2)sc2c1CCCC2. The largest absolute Gasteiger partial charge is 0.354 e. The van der Waals surface area contributed by atoms with Crippen molar-refractivity contribution in [2.24, 2.45) is 0 Å². The third-order valence-electron chi connectivity index (χ3n) is 4.81. The van der Waals surface area contributed by atoms with Gasteiger partial charge in [0.1, 0.15) is 11.0 Å². The lowest BCUT2D eigenvalue weighted by Gasteiger charge is -2.23. The summed E-state index contributed by atoms with van der Waals surface area (Å²) < 4.78 is 2.01. The van der Waals surface area contributed by atoms with E-state index in [4.69, 9.17) is 0 Å². The van der Waals surface area contributed by atoms with Crippen LogP contribution in [0.3, 0.4) is 0 Å². The molecule has 0 radical (unpaired) electrons. The van der Waals surface area contributed by atoms with Crippen molar-refractivity contribution in [1.82, 2.24) is 15.2 Å². The molecule has 1 fully saturated rings. The average molecular weight is 343 g/mol. The van der Waals surface area contributed by atoms with Gasteiger partial charge in [-0.1, -0.05) is 0 Å². The van der Waals surface area contributed by atoms with Crippen molar-refractivity contribution < 1.29 is 9.59 Å². The number of hydrogen-bond donors (Lipinski definition) is 2. The first kappa shape index (κ1) is 15.4. The van der Waals surface area contributed by atoms with E-state index in [9.17, 15) is 9.59 Å². The van der Waals surface area contributed by atoms with E-state index in [1.807, 2.05) is 29.1 Å². The van der Waals surface area contributed by atoms with E-state index in [1.54, 1.807) is 11.3 Å². The molecule has 24 heavy (non-hydrogen) atoms. The first-order valence-corrected chi connectivity index (χ1v) is 9.42. The fraction of sp³-hybridized carbons (Fsp3) is 0.444. The minimum Gasteiger partial charge on any atom is -0.354 e. The summed E-state index contributed by atoms with van der Waals surface area (Å²) in [5, 5.41) is 6.77. The Kier molecular flexibility index (Phi) is 4.14. The van der Waals surface area contributed by atoms with Crippen LogP contribution >= 0.6 is 11.3 Å². The van der Waals surface area contributed by atoms with Crippen LogP contribution < -0.4 is 10.6 Å². The van der Waals surface area contributed by atoms with Crippen molar-refractivity contribution in [3.05, 3.63) is 40.5 Å². The topological polar surface area (TPSA) is 63.1 Å². The van der Waals surface area contributed by atoms with Crippen molar-refractivity contribution in [2.75, 3.05) is 6.54 Å². The van der Waals surface area contributed by atoms with Crippen molar-refractivity contribution >= 4 is 23.2 Å². The lowest BCUT2D eigenvalue weighted by atomic mass is 9.95. The summed E-state index contributed by atoms with van der Waals surface area (Å²) in [6.45, 7) is 0.702. The first-order chi connectivity index (χ1) is 11.7. The lowest BCUT2D eigenvalue weighted by Crippen LogP contribution is -2.50.